The van der Waals surface area contributed by atoms with E-state index >= 15 is 0 Å². The summed E-state index contributed by atoms with van der Waals surface area (Å²) in [6, 6.07) is 0.295. The number of ether oxygens (including phenoxy) is 2. The fraction of sp³-hybridized carbons (Fsp3) is 0.300. The van der Waals surface area contributed by atoms with Crippen LogP contribution in [0.5, 0.6) is 6.01 Å². The zero-order chi connectivity index (χ0) is 11.1. The number of nitrogens with zero attached hydrogens (tertiary/aromatic N) is 2. The second kappa shape index (κ2) is 5.74. The zero-order valence-electron chi connectivity index (χ0n) is 8.64. The number of methoxy groups -OCH3 is 1. The summed E-state index contributed by atoms with van der Waals surface area (Å²) in [6.07, 6.45) is 6.02. The van der Waals surface area contributed by atoms with Crippen LogP contribution in [0.15, 0.2) is 18.5 Å². The van der Waals surface area contributed by atoms with Gasteiger partial charge >= 0.3 is 12.0 Å². The normalized spacial score (nSPS) is 10.3. The highest BCUT2D eigenvalue weighted by molar-refractivity contribution is 5.86. The van der Waals surface area contributed by atoms with E-state index in [4.69, 9.17) is 9.47 Å². The second-order valence-corrected chi connectivity index (χ2v) is 2.59. The van der Waals surface area contributed by atoms with Gasteiger partial charge in [-0.05, 0) is 13.0 Å². The second-order valence-electron chi connectivity index (χ2n) is 2.59. The fourth-order valence-electron chi connectivity index (χ4n) is 0.872. The molecule has 0 N–H and O–H groups in total. The van der Waals surface area contributed by atoms with E-state index in [1.807, 2.05) is 0 Å². The lowest BCUT2D eigenvalue weighted by Crippen LogP contribution is -1.98. The highest BCUT2D eigenvalue weighted by Gasteiger charge is 1.96. The minimum Gasteiger partial charge on any atom is -0.467 e. The molecule has 0 radical (unpaired) electrons. The third-order valence-electron chi connectivity index (χ3n) is 1.53. The molecule has 0 bridgehead atoms. The molecule has 0 aliphatic heterocycles. The van der Waals surface area contributed by atoms with Crippen molar-refractivity contribution < 1.29 is 14.3 Å². The molecule has 1 heterocycles. The van der Waals surface area contributed by atoms with Crippen molar-refractivity contribution in [1.82, 2.24) is 9.97 Å². The zero-order valence-corrected chi connectivity index (χ0v) is 8.64. The molecule has 0 unspecified atom stereocenters. The number of aromatic nitrogens is 2. The van der Waals surface area contributed by atoms with E-state index in [1.54, 1.807) is 25.4 Å². The summed E-state index contributed by atoms with van der Waals surface area (Å²) in [4.78, 5) is 18.7. The van der Waals surface area contributed by atoms with Crippen molar-refractivity contribution in [2.24, 2.45) is 0 Å². The van der Waals surface area contributed by atoms with Gasteiger partial charge in [0.15, 0.2) is 0 Å². The van der Waals surface area contributed by atoms with Gasteiger partial charge in [0.1, 0.15) is 0 Å². The van der Waals surface area contributed by atoms with Gasteiger partial charge in [0.05, 0.1) is 13.7 Å². The molecule has 0 fully saturated rings. The van der Waals surface area contributed by atoms with Crippen molar-refractivity contribution in [3.63, 3.8) is 0 Å². The Morgan fingerprint density at radius 3 is 2.67 bits per heavy atom. The largest absolute Gasteiger partial charge is 0.467 e. The summed E-state index contributed by atoms with van der Waals surface area (Å²) in [5, 5.41) is 0. The van der Waals surface area contributed by atoms with Crippen LogP contribution in [0.1, 0.15) is 12.5 Å². The Labute approximate surface area is 87.8 Å². The molecule has 1 aromatic rings. The average Bonchev–Trinajstić information content (AvgIpc) is 2.27. The molecule has 1 rings (SSSR count). The van der Waals surface area contributed by atoms with E-state index in [1.165, 1.54) is 13.2 Å². The average molecular weight is 208 g/mol. The van der Waals surface area contributed by atoms with E-state index in [9.17, 15) is 4.79 Å². The molecule has 1 aromatic heterocycles. The van der Waals surface area contributed by atoms with Crippen LogP contribution in [-0.4, -0.2) is 29.7 Å². The predicted octanol–water partition coefficient (Wildman–Crippen LogP) is 1.06. The van der Waals surface area contributed by atoms with Gasteiger partial charge in [0, 0.05) is 24.0 Å². The number of hydrogen-bond acceptors (Lipinski definition) is 5. The first-order valence-electron chi connectivity index (χ1n) is 4.47. The van der Waals surface area contributed by atoms with Crippen molar-refractivity contribution in [3.05, 3.63) is 24.0 Å². The number of rotatable bonds is 4. The first-order chi connectivity index (χ1) is 7.26. The monoisotopic (exact) mass is 208 g/mol. The standard InChI is InChI=1S/C10H12N2O3/c1-3-15-9(13)5-4-8-6-11-10(14-2)12-7-8/h4-7H,3H2,1-2H3/b5-4+. The molecule has 80 valence electrons. The van der Waals surface area contributed by atoms with Crippen molar-refractivity contribution in [3.8, 4) is 6.01 Å². The minimum atomic E-state index is -0.381. The van der Waals surface area contributed by atoms with Gasteiger partial charge in [-0.1, -0.05) is 0 Å². The van der Waals surface area contributed by atoms with Crippen LogP contribution in [-0.2, 0) is 9.53 Å². The highest BCUT2D eigenvalue weighted by Crippen LogP contribution is 2.03. The number of esters is 1. The van der Waals surface area contributed by atoms with Crippen LogP contribution in [0.25, 0.3) is 6.08 Å². The van der Waals surface area contributed by atoms with Gasteiger partial charge in [0.2, 0.25) is 0 Å². The summed E-state index contributed by atoms with van der Waals surface area (Å²) in [6.45, 7) is 2.12. The summed E-state index contributed by atoms with van der Waals surface area (Å²) in [5.41, 5.74) is 0.712. The molecule has 0 aromatic carbocycles. The highest BCUT2D eigenvalue weighted by atomic mass is 16.5. The van der Waals surface area contributed by atoms with Crippen LogP contribution in [0.4, 0.5) is 0 Å². The SMILES string of the molecule is CCOC(=O)/C=C/c1cnc(OC)nc1. The number of hydrogen-bond donors (Lipinski definition) is 0. The summed E-state index contributed by atoms with van der Waals surface area (Å²) in [5.74, 6) is -0.381. The summed E-state index contributed by atoms with van der Waals surface area (Å²) < 4.78 is 9.51. The Bertz CT molecular complexity index is 346. The third kappa shape index (κ3) is 3.76. The van der Waals surface area contributed by atoms with Crippen molar-refractivity contribution >= 4 is 12.0 Å². The molecule has 5 heteroatoms. The lowest BCUT2D eigenvalue weighted by molar-refractivity contribution is -0.137. The molecule has 5 nitrogen and oxygen atoms in total. The predicted molar refractivity (Wildman–Crippen MR) is 54.3 cm³/mol. The maximum absolute atomic E-state index is 11.0. The van der Waals surface area contributed by atoms with Gasteiger partial charge in [-0.2, -0.15) is 0 Å². The lowest BCUT2D eigenvalue weighted by atomic mass is 10.3. The Morgan fingerprint density at radius 1 is 1.47 bits per heavy atom. The quantitative estimate of drug-likeness (QED) is 0.547. The molecule has 0 amide bonds. The topological polar surface area (TPSA) is 61.3 Å². The van der Waals surface area contributed by atoms with Crippen molar-refractivity contribution in [1.29, 1.82) is 0 Å². The van der Waals surface area contributed by atoms with Crippen LogP contribution >= 0.6 is 0 Å². The van der Waals surface area contributed by atoms with Crippen LogP contribution < -0.4 is 4.74 Å². The molecule has 0 aliphatic carbocycles. The Hall–Kier alpha value is -1.91. The van der Waals surface area contributed by atoms with Gasteiger partial charge < -0.3 is 9.47 Å². The molecular weight excluding hydrogens is 196 g/mol. The van der Waals surface area contributed by atoms with E-state index < -0.39 is 0 Å². The number of carbonyl (C=O) groups is 1. The van der Waals surface area contributed by atoms with Crippen LogP contribution in [0.3, 0.4) is 0 Å². The van der Waals surface area contributed by atoms with Crippen molar-refractivity contribution in [2.75, 3.05) is 13.7 Å². The van der Waals surface area contributed by atoms with Gasteiger partial charge in [-0.15, -0.1) is 0 Å². The first-order valence-corrected chi connectivity index (χ1v) is 4.47. The van der Waals surface area contributed by atoms with Crippen LogP contribution in [0, 0.1) is 0 Å². The van der Waals surface area contributed by atoms with Gasteiger partial charge in [-0.3, -0.25) is 0 Å². The maximum atomic E-state index is 11.0. The Kier molecular flexibility index (Phi) is 4.28. The molecule has 0 saturated heterocycles. The minimum absolute atomic E-state index is 0.295. The smallest absolute Gasteiger partial charge is 0.330 e. The van der Waals surface area contributed by atoms with E-state index in [0.717, 1.165) is 0 Å². The molecule has 0 aliphatic rings. The van der Waals surface area contributed by atoms with Crippen molar-refractivity contribution in [2.45, 2.75) is 6.92 Å². The van der Waals surface area contributed by atoms with Crippen LogP contribution in [0.2, 0.25) is 0 Å². The molecule has 15 heavy (non-hydrogen) atoms. The first kappa shape index (κ1) is 11.2. The van der Waals surface area contributed by atoms with E-state index in [2.05, 4.69) is 9.97 Å². The third-order valence-corrected chi connectivity index (χ3v) is 1.53. The Balaban J connectivity index is 2.60. The molecular formula is C10H12N2O3. The van der Waals surface area contributed by atoms with Gasteiger partial charge in [0.25, 0.3) is 0 Å². The van der Waals surface area contributed by atoms with Gasteiger partial charge in [-0.25, -0.2) is 14.8 Å². The maximum Gasteiger partial charge on any atom is 0.330 e. The Morgan fingerprint density at radius 2 is 2.13 bits per heavy atom. The van der Waals surface area contributed by atoms with E-state index in [-0.39, 0.29) is 5.97 Å². The number of carbonyl (C=O) groups excluding carboxylic acids is 1. The molecule has 0 saturated carbocycles. The van der Waals surface area contributed by atoms with E-state index in [0.29, 0.717) is 18.2 Å². The summed E-state index contributed by atoms with van der Waals surface area (Å²) in [7, 11) is 1.49. The molecule has 0 spiro atoms. The lowest BCUT2D eigenvalue weighted by Gasteiger charge is -1.97. The molecule has 0 atom stereocenters. The summed E-state index contributed by atoms with van der Waals surface area (Å²) >= 11 is 0. The fourth-order valence-corrected chi connectivity index (χ4v) is 0.872.